The van der Waals surface area contributed by atoms with E-state index in [1.165, 1.54) is 18.3 Å². The SMILES string of the molecule is Nc1nc2ncc(CNc3ccc(C(=O)NC(CCC(=O)[O-])C(=O)[O-])cc3)nc2c(=O)[nH]1.[Ca+2]. The number of carboxylic acids is 2. The van der Waals surface area contributed by atoms with Crippen molar-refractivity contribution in [2.75, 3.05) is 11.1 Å². The number of H-pyrrole nitrogens is 1. The van der Waals surface area contributed by atoms with Crippen LogP contribution in [0.2, 0.25) is 0 Å². The summed E-state index contributed by atoms with van der Waals surface area (Å²) >= 11 is 0. The van der Waals surface area contributed by atoms with Crippen molar-refractivity contribution in [3.63, 3.8) is 0 Å². The molecule has 0 saturated heterocycles. The van der Waals surface area contributed by atoms with Crippen LogP contribution in [0.5, 0.6) is 0 Å². The number of hydrogen-bond acceptors (Lipinski definition) is 11. The minimum atomic E-state index is -1.59. The molecule has 14 heteroatoms. The van der Waals surface area contributed by atoms with Crippen LogP contribution >= 0.6 is 0 Å². The molecule has 0 spiro atoms. The molecule has 1 amide bonds. The first-order chi connectivity index (χ1) is 15.2. The van der Waals surface area contributed by atoms with Crippen LogP contribution in [0.3, 0.4) is 0 Å². The number of hydrogen-bond donors (Lipinski definition) is 4. The number of anilines is 2. The molecular weight excluding hydrogens is 462 g/mol. The van der Waals surface area contributed by atoms with E-state index >= 15 is 0 Å². The molecule has 0 fully saturated rings. The Bertz CT molecular complexity index is 1230. The van der Waals surface area contributed by atoms with Crippen molar-refractivity contribution < 1.29 is 24.6 Å². The maximum Gasteiger partial charge on any atom is 2.00 e. The third kappa shape index (κ3) is 7.10. The van der Waals surface area contributed by atoms with E-state index in [4.69, 9.17) is 5.73 Å². The summed E-state index contributed by atoms with van der Waals surface area (Å²) in [6, 6.07) is 4.59. The number of aromatic amines is 1. The van der Waals surface area contributed by atoms with Gasteiger partial charge < -0.3 is 36.2 Å². The molecule has 166 valence electrons. The zero-order chi connectivity index (χ0) is 23.3. The molecule has 2 heterocycles. The summed E-state index contributed by atoms with van der Waals surface area (Å²) in [6.07, 6.45) is 0.554. The number of nitrogen functional groups attached to an aromatic ring is 1. The van der Waals surface area contributed by atoms with Gasteiger partial charge in [0.2, 0.25) is 5.95 Å². The van der Waals surface area contributed by atoms with Crippen molar-refractivity contribution in [1.29, 1.82) is 0 Å². The van der Waals surface area contributed by atoms with E-state index in [0.717, 1.165) is 0 Å². The molecule has 0 aliphatic rings. The average Bonchev–Trinajstić information content (AvgIpc) is 2.75. The van der Waals surface area contributed by atoms with Gasteiger partial charge in [-0.15, -0.1) is 0 Å². The van der Waals surface area contributed by atoms with Gasteiger partial charge in [0.1, 0.15) is 0 Å². The Labute approximate surface area is 215 Å². The Morgan fingerprint density at radius 3 is 2.45 bits per heavy atom. The minimum absolute atomic E-state index is 0. The quantitative estimate of drug-likeness (QED) is 0.225. The summed E-state index contributed by atoms with van der Waals surface area (Å²) in [7, 11) is 0. The smallest absolute Gasteiger partial charge is 0.550 e. The number of carbonyl (C=O) groups excluding carboxylic acids is 3. The first kappa shape index (κ1) is 26.0. The van der Waals surface area contributed by atoms with E-state index in [9.17, 15) is 29.4 Å². The molecule has 1 aromatic carbocycles. The Kier molecular flexibility index (Phi) is 9.08. The summed E-state index contributed by atoms with van der Waals surface area (Å²) in [6.45, 7) is 0.217. The molecule has 3 aromatic rings. The first-order valence-corrected chi connectivity index (χ1v) is 9.30. The molecule has 1 atom stereocenters. The van der Waals surface area contributed by atoms with E-state index in [0.29, 0.717) is 11.4 Å². The molecular formula is C19H17CaN7O6. The first-order valence-electron chi connectivity index (χ1n) is 9.30. The van der Waals surface area contributed by atoms with Gasteiger partial charge in [0.15, 0.2) is 11.2 Å². The van der Waals surface area contributed by atoms with Gasteiger partial charge in [-0.3, -0.25) is 14.6 Å². The van der Waals surface area contributed by atoms with Gasteiger partial charge in [-0.25, -0.2) is 9.97 Å². The molecule has 1 unspecified atom stereocenters. The van der Waals surface area contributed by atoms with E-state index in [-0.39, 0.29) is 73.4 Å². The van der Waals surface area contributed by atoms with E-state index in [2.05, 4.69) is 30.6 Å². The van der Waals surface area contributed by atoms with Crippen molar-refractivity contribution in [3.8, 4) is 0 Å². The molecule has 0 aliphatic heterocycles. The van der Waals surface area contributed by atoms with E-state index in [1.54, 1.807) is 12.1 Å². The molecule has 2 aromatic heterocycles. The molecule has 13 nitrogen and oxygen atoms in total. The Hall–Kier alpha value is -3.29. The molecule has 0 aliphatic carbocycles. The topological polar surface area (TPSA) is 219 Å². The van der Waals surface area contributed by atoms with E-state index < -0.39 is 35.9 Å². The number of fused-ring (bicyclic) bond motifs is 1. The summed E-state index contributed by atoms with van der Waals surface area (Å²) in [4.78, 5) is 60.2. The van der Waals surface area contributed by atoms with Gasteiger partial charge in [-0.1, -0.05) is 0 Å². The molecule has 0 saturated carbocycles. The van der Waals surface area contributed by atoms with Crippen LogP contribution < -0.4 is 32.1 Å². The van der Waals surface area contributed by atoms with Crippen LogP contribution in [0.4, 0.5) is 11.6 Å². The number of benzene rings is 1. The fraction of sp³-hybridized carbons (Fsp3) is 0.211. The number of aromatic nitrogens is 4. The second kappa shape index (κ2) is 11.5. The van der Waals surface area contributed by atoms with Gasteiger partial charge in [0, 0.05) is 17.2 Å². The fourth-order valence-corrected chi connectivity index (χ4v) is 2.74. The van der Waals surface area contributed by atoms with Gasteiger partial charge in [0.05, 0.1) is 30.4 Å². The molecule has 3 rings (SSSR count). The standard InChI is InChI=1S/C19H19N7O6.Ca/c20-19-25-15-14(17(30)26-19)23-11(8-22-15)7-21-10-3-1-9(2-4-10)16(29)24-12(18(31)32)5-6-13(27)28;/h1-4,8,12,21H,5-7H2,(H,24,29)(H,27,28)(H,31,32)(H3,20,22,25,26,30);/q;+2/p-2. The number of carbonyl (C=O) groups is 3. The molecule has 5 N–H and O–H groups in total. The maximum absolute atomic E-state index is 12.2. The Morgan fingerprint density at radius 2 is 1.82 bits per heavy atom. The number of carboxylic acid groups (broad SMARTS) is 2. The predicted molar refractivity (Wildman–Crippen MR) is 112 cm³/mol. The summed E-state index contributed by atoms with van der Waals surface area (Å²) in [5.74, 6) is -3.78. The molecule has 0 bridgehead atoms. The van der Waals surface area contributed by atoms with Crippen LogP contribution in [0.15, 0.2) is 35.3 Å². The summed E-state index contributed by atoms with van der Waals surface area (Å²) < 4.78 is 0. The van der Waals surface area contributed by atoms with Gasteiger partial charge in [-0.2, -0.15) is 4.98 Å². The zero-order valence-electron chi connectivity index (χ0n) is 17.2. The van der Waals surface area contributed by atoms with Crippen molar-refractivity contribution in [1.82, 2.24) is 25.3 Å². The number of rotatable bonds is 9. The van der Waals surface area contributed by atoms with Crippen LogP contribution in [-0.4, -0.2) is 81.6 Å². The van der Waals surface area contributed by atoms with Gasteiger partial charge >= 0.3 is 37.7 Å². The fourth-order valence-electron chi connectivity index (χ4n) is 2.74. The largest absolute Gasteiger partial charge is 2.00 e. The average molecular weight is 479 g/mol. The Morgan fingerprint density at radius 1 is 1.12 bits per heavy atom. The minimum Gasteiger partial charge on any atom is -0.550 e. The number of amides is 1. The predicted octanol–water partition coefficient (Wildman–Crippen LogP) is -3.09. The Balaban J connectivity index is 0.00000385. The zero-order valence-corrected chi connectivity index (χ0v) is 19.4. The van der Waals surface area contributed by atoms with E-state index in [1.807, 2.05) is 0 Å². The monoisotopic (exact) mass is 479 g/mol. The van der Waals surface area contributed by atoms with Crippen LogP contribution in [0, 0.1) is 0 Å². The number of aliphatic carboxylic acids is 2. The molecule has 0 radical (unpaired) electrons. The number of nitrogens with one attached hydrogen (secondary N) is 3. The second-order valence-corrected chi connectivity index (χ2v) is 6.67. The van der Waals surface area contributed by atoms with Crippen molar-refractivity contribution in [2.24, 2.45) is 0 Å². The third-order valence-electron chi connectivity index (χ3n) is 4.33. The van der Waals surface area contributed by atoms with Crippen LogP contribution in [-0.2, 0) is 16.1 Å². The maximum atomic E-state index is 12.2. The van der Waals surface area contributed by atoms with Crippen molar-refractivity contribution >= 4 is 78.4 Å². The van der Waals surface area contributed by atoms with Crippen molar-refractivity contribution in [2.45, 2.75) is 25.4 Å². The van der Waals surface area contributed by atoms with Gasteiger partial charge in [0.25, 0.3) is 11.5 Å². The summed E-state index contributed by atoms with van der Waals surface area (Å²) in [5, 5.41) is 26.8. The number of nitrogens with two attached hydrogens (primary N) is 1. The van der Waals surface area contributed by atoms with Crippen molar-refractivity contribution in [3.05, 3.63) is 52.1 Å². The van der Waals surface area contributed by atoms with Crippen LogP contribution in [0.25, 0.3) is 11.2 Å². The second-order valence-electron chi connectivity index (χ2n) is 6.67. The van der Waals surface area contributed by atoms with Crippen LogP contribution in [0.1, 0.15) is 28.9 Å². The van der Waals surface area contributed by atoms with Gasteiger partial charge in [-0.05, 0) is 37.1 Å². The summed E-state index contributed by atoms with van der Waals surface area (Å²) in [5.41, 5.74) is 6.37. The normalized spacial score (nSPS) is 11.3. The number of nitrogens with zero attached hydrogens (tertiary/aromatic N) is 3. The third-order valence-corrected chi connectivity index (χ3v) is 4.33. The molecule has 33 heavy (non-hydrogen) atoms.